The maximum atomic E-state index is 13.0. The molecule has 12 heteroatoms. The Morgan fingerprint density at radius 1 is 1.12 bits per heavy atom. The summed E-state index contributed by atoms with van der Waals surface area (Å²) in [4.78, 5) is 2.11. The van der Waals surface area contributed by atoms with Gasteiger partial charge in [-0.1, -0.05) is 26.8 Å². The van der Waals surface area contributed by atoms with E-state index >= 15 is 0 Å². The zero-order valence-corrected chi connectivity index (χ0v) is 22.0. The number of nitrogens with one attached hydrogen (secondary N) is 2. The number of nitrogens with zero attached hydrogens (tertiary/aromatic N) is 3. The lowest BCUT2D eigenvalue weighted by Gasteiger charge is -2.31. The summed E-state index contributed by atoms with van der Waals surface area (Å²) in [6.07, 6.45) is 1.59. The quantitative estimate of drug-likeness (QED) is 0.513. The van der Waals surface area contributed by atoms with Gasteiger partial charge in [0.2, 0.25) is 10.0 Å². The summed E-state index contributed by atoms with van der Waals surface area (Å²) in [5.74, 6) is 0.0544. The van der Waals surface area contributed by atoms with Crippen molar-refractivity contribution in [2.45, 2.75) is 51.5 Å². The largest absolute Gasteiger partial charge is 0.504 e. The minimum atomic E-state index is -3.82. The molecule has 2 aromatic rings. The Hall–Kier alpha value is -2.28. The first-order chi connectivity index (χ1) is 16.0. The van der Waals surface area contributed by atoms with Gasteiger partial charge in [-0.15, -0.1) is 20.1 Å². The van der Waals surface area contributed by atoms with Gasteiger partial charge in [0.05, 0.1) is 11.7 Å². The third-order valence-corrected chi connectivity index (χ3v) is 9.36. The average molecular weight is 524 g/mol. The molecule has 1 aromatic heterocycles. The zero-order valence-electron chi connectivity index (χ0n) is 19.5. The highest BCUT2D eigenvalue weighted by atomic mass is 32.2. The Bertz CT molecular complexity index is 1270. The second-order valence-electron chi connectivity index (χ2n) is 9.39. The lowest BCUT2D eigenvalue weighted by molar-refractivity contribution is 0.307. The Kier molecular flexibility index (Phi) is 6.87. The highest BCUT2D eigenvalue weighted by molar-refractivity contribution is 7.89. The Morgan fingerprint density at radius 3 is 2.41 bits per heavy atom. The number of hydrogen-bond donors (Lipinski definition) is 3. The summed E-state index contributed by atoms with van der Waals surface area (Å²) in [6, 6.07) is 8.44. The van der Waals surface area contributed by atoms with E-state index in [4.69, 9.17) is 0 Å². The number of phenols is 1. The summed E-state index contributed by atoms with van der Waals surface area (Å²) in [5.41, 5.74) is -0.0485. The van der Waals surface area contributed by atoms with Crippen LogP contribution in [-0.2, 0) is 21.2 Å². The minimum Gasteiger partial charge on any atom is -0.504 e. The molecule has 1 aromatic carbocycles. The second kappa shape index (κ2) is 9.40. The van der Waals surface area contributed by atoms with E-state index in [2.05, 4.69) is 46.3 Å². The van der Waals surface area contributed by atoms with Crippen LogP contribution in [0.1, 0.15) is 49.4 Å². The van der Waals surface area contributed by atoms with E-state index < -0.39 is 26.9 Å². The van der Waals surface area contributed by atoms with Gasteiger partial charge in [0.15, 0.2) is 17.4 Å². The van der Waals surface area contributed by atoms with E-state index in [0.717, 1.165) is 17.7 Å². The lowest BCUT2D eigenvalue weighted by atomic mass is 9.85. The number of hydrogen-bond acceptors (Lipinski definition) is 7. The molecule has 1 saturated heterocycles. The van der Waals surface area contributed by atoms with Crippen LogP contribution in [0.25, 0.3) is 0 Å². The van der Waals surface area contributed by atoms with E-state index in [1.165, 1.54) is 15.2 Å². The van der Waals surface area contributed by atoms with Crippen LogP contribution in [0.4, 0.5) is 5.69 Å². The van der Waals surface area contributed by atoms with Crippen LogP contribution in [-0.4, -0.2) is 46.8 Å². The fourth-order valence-electron chi connectivity index (χ4n) is 3.93. The third kappa shape index (κ3) is 5.04. The number of aromatic hydroxyl groups is 1. The molecule has 2 aliphatic rings. The minimum absolute atomic E-state index is 0.137. The average Bonchev–Trinajstić information content (AvgIpc) is 3.49. The fourth-order valence-corrected chi connectivity index (χ4v) is 7.35. The van der Waals surface area contributed by atoms with Crippen LogP contribution in [0.15, 0.2) is 44.0 Å². The Labute approximate surface area is 206 Å². The topological polar surface area (TPSA) is 123 Å². The van der Waals surface area contributed by atoms with Crippen LogP contribution in [0.3, 0.4) is 0 Å². The molecular weight excluding hydrogens is 494 g/mol. The van der Waals surface area contributed by atoms with Crippen LogP contribution in [0.2, 0.25) is 0 Å². The van der Waals surface area contributed by atoms with Crippen molar-refractivity contribution in [1.29, 1.82) is 0 Å². The highest BCUT2D eigenvalue weighted by Crippen LogP contribution is 2.37. The van der Waals surface area contributed by atoms with Gasteiger partial charge in [0, 0.05) is 22.8 Å². The molecule has 0 amide bonds. The fraction of sp³-hybridized carbons (Fsp3) is 0.455. The SMILES string of the molecule is Cc1ccc([C@H](NC2=NS(=O)N=C2Nc2cccc(S(=O)(=O)N3CCCC3)c2O)C(C)(C)C)s1. The second-order valence-corrected chi connectivity index (χ2v) is 13.4. The molecule has 0 aliphatic carbocycles. The Morgan fingerprint density at radius 2 is 1.79 bits per heavy atom. The Balaban J connectivity index is 1.61. The first-order valence-corrected chi connectivity index (χ1v) is 14.3. The number of anilines is 1. The van der Waals surface area contributed by atoms with Crippen molar-refractivity contribution >= 4 is 49.9 Å². The summed E-state index contributed by atoms with van der Waals surface area (Å²) in [6.45, 7) is 9.18. The van der Waals surface area contributed by atoms with Crippen molar-refractivity contribution in [1.82, 2.24) is 9.62 Å². The van der Waals surface area contributed by atoms with Crippen molar-refractivity contribution in [2.24, 2.45) is 14.2 Å². The summed E-state index contributed by atoms with van der Waals surface area (Å²) in [5, 5.41) is 17.1. The zero-order chi connectivity index (χ0) is 24.7. The molecule has 2 atom stereocenters. The number of sulfonamides is 1. The molecular formula is C22H29N5O4S3. The van der Waals surface area contributed by atoms with Gasteiger partial charge in [-0.25, -0.2) is 12.6 Å². The number of phenolic OH excluding ortho intramolecular Hbond substituents is 1. The van der Waals surface area contributed by atoms with Crippen LogP contribution in [0, 0.1) is 12.3 Å². The molecule has 34 heavy (non-hydrogen) atoms. The molecule has 0 bridgehead atoms. The normalized spacial score (nSPS) is 20.2. The predicted octanol–water partition coefficient (Wildman–Crippen LogP) is 3.72. The van der Waals surface area contributed by atoms with E-state index in [1.54, 1.807) is 23.5 Å². The van der Waals surface area contributed by atoms with Crippen LogP contribution >= 0.6 is 11.3 Å². The summed E-state index contributed by atoms with van der Waals surface area (Å²) >= 11 is -0.170. The maximum Gasteiger partial charge on any atom is 0.269 e. The van der Waals surface area contributed by atoms with Gasteiger partial charge in [-0.05, 0) is 49.4 Å². The molecule has 1 unspecified atom stereocenters. The number of rotatable bonds is 5. The smallest absolute Gasteiger partial charge is 0.269 e. The van der Waals surface area contributed by atoms with Crippen molar-refractivity contribution < 1.29 is 17.7 Å². The van der Waals surface area contributed by atoms with Crippen LogP contribution < -0.4 is 10.6 Å². The molecule has 2 aliphatic heterocycles. The van der Waals surface area contributed by atoms with Gasteiger partial charge in [-0.3, -0.25) is 0 Å². The van der Waals surface area contributed by atoms with Gasteiger partial charge >= 0.3 is 0 Å². The van der Waals surface area contributed by atoms with Crippen molar-refractivity contribution in [3.8, 4) is 5.75 Å². The molecule has 1 fully saturated rings. The molecule has 3 N–H and O–H groups in total. The number of amidine groups is 2. The summed E-state index contributed by atoms with van der Waals surface area (Å²) in [7, 11) is -3.82. The van der Waals surface area contributed by atoms with E-state index in [1.807, 2.05) is 13.0 Å². The molecule has 0 radical (unpaired) electrons. The lowest BCUT2D eigenvalue weighted by Crippen LogP contribution is -2.41. The molecule has 0 spiro atoms. The monoisotopic (exact) mass is 523 g/mol. The number of thiophene rings is 1. The first kappa shape index (κ1) is 24.8. The molecule has 0 saturated carbocycles. The molecule has 4 rings (SSSR count). The van der Waals surface area contributed by atoms with Gasteiger partial charge in [-0.2, -0.15) is 4.31 Å². The molecule has 9 nitrogen and oxygen atoms in total. The maximum absolute atomic E-state index is 13.0. The number of aryl methyl sites for hydroxylation is 1. The summed E-state index contributed by atoms with van der Waals surface area (Å²) < 4.78 is 47.8. The van der Waals surface area contributed by atoms with Gasteiger partial charge in [0.1, 0.15) is 4.90 Å². The van der Waals surface area contributed by atoms with Crippen molar-refractivity contribution in [3.05, 3.63) is 40.1 Å². The number of para-hydroxylation sites is 1. The number of benzene rings is 1. The molecule has 184 valence electrons. The predicted molar refractivity (Wildman–Crippen MR) is 137 cm³/mol. The standard InChI is InChI=1S/C22H29N5O4S3/c1-14-10-11-16(32-14)19(22(2,3)4)24-21-20(25-33(29)26-21)23-15-8-7-9-17(18(15)28)34(30,31)27-12-5-6-13-27/h7-11,19,28H,5-6,12-13H2,1-4H3,(H,23,25)(H,24,26)/t19-,33?/m0/s1. The van der Waals surface area contributed by atoms with E-state index in [9.17, 15) is 17.7 Å². The van der Waals surface area contributed by atoms with Crippen molar-refractivity contribution in [2.75, 3.05) is 18.4 Å². The van der Waals surface area contributed by atoms with Crippen LogP contribution in [0.5, 0.6) is 5.75 Å². The van der Waals surface area contributed by atoms with Gasteiger partial charge < -0.3 is 15.7 Å². The van der Waals surface area contributed by atoms with Gasteiger partial charge in [0.25, 0.3) is 11.2 Å². The first-order valence-electron chi connectivity index (χ1n) is 11.0. The highest BCUT2D eigenvalue weighted by Gasteiger charge is 2.33. The molecule has 3 heterocycles. The third-order valence-electron chi connectivity index (χ3n) is 5.69. The van der Waals surface area contributed by atoms with Crippen molar-refractivity contribution in [3.63, 3.8) is 0 Å². The van der Waals surface area contributed by atoms with E-state index in [-0.39, 0.29) is 33.7 Å². The van der Waals surface area contributed by atoms with E-state index in [0.29, 0.717) is 13.1 Å².